The number of fused-ring (bicyclic) bond motifs is 1. The number of nitrogens with one attached hydrogen (secondary N) is 1. The van der Waals surface area contributed by atoms with Crippen molar-refractivity contribution in [1.82, 2.24) is 10.3 Å². The molecule has 1 fully saturated rings. The Labute approximate surface area is 163 Å². The molecule has 0 radical (unpaired) electrons. The van der Waals surface area contributed by atoms with Crippen molar-refractivity contribution >= 4 is 34.6 Å². The van der Waals surface area contributed by atoms with Crippen molar-refractivity contribution in [3.63, 3.8) is 0 Å². The van der Waals surface area contributed by atoms with Crippen LogP contribution in [-0.4, -0.2) is 24.0 Å². The lowest BCUT2D eigenvalue weighted by atomic mass is 9.95. The van der Waals surface area contributed by atoms with Crippen molar-refractivity contribution in [1.29, 1.82) is 0 Å². The van der Waals surface area contributed by atoms with Gasteiger partial charge < -0.3 is 14.6 Å². The van der Waals surface area contributed by atoms with Gasteiger partial charge in [-0.3, -0.25) is 4.79 Å². The topological polar surface area (TPSA) is 58.4 Å². The quantitative estimate of drug-likeness (QED) is 0.716. The van der Waals surface area contributed by atoms with Crippen LogP contribution in [0, 0.1) is 5.92 Å². The zero-order valence-electron chi connectivity index (χ0n) is 15.2. The Kier molecular flexibility index (Phi) is 5.03. The van der Waals surface area contributed by atoms with Crippen molar-refractivity contribution < 1.29 is 9.21 Å². The molecule has 1 amide bonds. The number of benzene rings is 2. The maximum atomic E-state index is 12.6. The molecule has 3 aromatic rings. The lowest BCUT2D eigenvalue weighted by molar-refractivity contribution is -0.126. The number of amides is 1. The van der Waals surface area contributed by atoms with Crippen LogP contribution in [0.2, 0.25) is 5.02 Å². The average Bonchev–Trinajstić information content (AvgIpc) is 3.12. The van der Waals surface area contributed by atoms with E-state index in [9.17, 15) is 4.79 Å². The van der Waals surface area contributed by atoms with Crippen LogP contribution in [0.4, 0.5) is 6.01 Å². The number of oxazole rings is 1. The zero-order valence-corrected chi connectivity index (χ0v) is 15.9. The molecule has 2 aromatic carbocycles. The van der Waals surface area contributed by atoms with Crippen LogP contribution in [-0.2, 0) is 4.79 Å². The Morgan fingerprint density at radius 2 is 2.00 bits per heavy atom. The number of para-hydroxylation sites is 2. The molecule has 5 nitrogen and oxygen atoms in total. The van der Waals surface area contributed by atoms with E-state index < -0.39 is 0 Å². The van der Waals surface area contributed by atoms with E-state index in [-0.39, 0.29) is 17.9 Å². The predicted octanol–water partition coefficient (Wildman–Crippen LogP) is 4.58. The summed E-state index contributed by atoms with van der Waals surface area (Å²) in [7, 11) is 0. The first-order valence-corrected chi connectivity index (χ1v) is 9.64. The molecule has 1 aliphatic heterocycles. The minimum Gasteiger partial charge on any atom is -0.423 e. The van der Waals surface area contributed by atoms with Gasteiger partial charge in [-0.05, 0) is 49.6 Å². The monoisotopic (exact) mass is 383 g/mol. The maximum Gasteiger partial charge on any atom is 0.298 e. The molecule has 0 bridgehead atoms. The fourth-order valence-electron chi connectivity index (χ4n) is 3.52. The van der Waals surface area contributed by atoms with Crippen molar-refractivity contribution in [2.45, 2.75) is 25.8 Å². The second-order valence-electron chi connectivity index (χ2n) is 7.01. The summed E-state index contributed by atoms with van der Waals surface area (Å²) < 4.78 is 5.84. The van der Waals surface area contributed by atoms with E-state index in [2.05, 4.69) is 15.2 Å². The van der Waals surface area contributed by atoms with Crippen LogP contribution in [0.3, 0.4) is 0 Å². The number of aromatic nitrogens is 1. The minimum absolute atomic E-state index is 0.00672. The molecular weight excluding hydrogens is 362 g/mol. The van der Waals surface area contributed by atoms with Gasteiger partial charge in [0.1, 0.15) is 5.52 Å². The van der Waals surface area contributed by atoms with Gasteiger partial charge in [0.25, 0.3) is 6.01 Å². The van der Waals surface area contributed by atoms with Crippen LogP contribution < -0.4 is 10.2 Å². The Morgan fingerprint density at radius 3 is 2.74 bits per heavy atom. The predicted molar refractivity (Wildman–Crippen MR) is 107 cm³/mol. The van der Waals surface area contributed by atoms with E-state index in [1.54, 1.807) is 0 Å². The van der Waals surface area contributed by atoms with E-state index in [1.807, 2.05) is 55.5 Å². The fourth-order valence-corrected chi connectivity index (χ4v) is 3.72. The van der Waals surface area contributed by atoms with Gasteiger partial charge in [-0.1, -0.05) is 35.9 Å². The Hall–Kier alpha value is -2.53. The number of piperidine rings is 1. The van der Waals surface area contributed by atoms with Crippen LogP contribution in [0.25, 0.3) is 11.1 Å². The van der Waals surface area contributed by atoms with E-state index in [0.717, 1.165) is 42.6 Å². The molecule has 1 unspecified atom stereocenters. The molecular formula is C21H22ClN3O2. The van der Waals surface area contributed by atoms with E-state index in [1.165, 1.54) is 0 Å². The molecule has 4 rings (SSSR count). The Morgan fingerprint density at radius 1 is 1.22 bits per heavy atom. The molecule has 0 spiro atoms. The number of anilines is 1. The van der Waals surface area contributed by atoms with E-state index in [0.29, 0.717) is 11.0 Å². The molecule has 0 aliphatic carbocycles. The van der Waals surface area contributed by atoms with Crippen molar-refractivity contribution in [2.24, 2.45) is 5.92 Å². The molecule has 1 N–H and O–H groups in total. The van der Waals surface area contributed by atoms with Gasteiger partial charge >= 0.3 is 0 Å². The van der Waals surface area contributed by atoms with Crippen LogP contribution in [0.5, 0.6) is 0 Å². The van der Waals surface area contributed by atoms with Gasteiger partial charge in [0.15, 0.2) is 5.58 Å². The zero-order chi connectivity index (χ0) is 18.8. The van der Waals surface area contributed by atoms with Crippen LogP contribution in [0.1, 0.15) is 31.4 Å². The lowest BCUT2D eigenvalue weighted by Gasteiger charge is -2.30. The lowest BCUT2D eigenvalue weighted by Crippen LogP contribution is -2.41. The molecule has 27 heavy (non-hydrogen) atoms. The number of rotatable bonds is 4. The van der Waals surface area contributed by atoms with Gasteiger partial charge in [-0.15, -0.1) is 0 Å². The summed E-state index contributed by atoms with van der Waals surface area (Å²) in [5.41, 5.74) is 2.67. The number of halogens is 1. The summed E-state index contributed by atoms with van der Waals surface area (Å²) in [4.78, 5) is 19.3. The molecule has 1 aliphatic rings. The summed E-state index contributed by atoms with van der Waals surface area (Å²) in [6, 6.07) is 15.9. The number of carbonyl (C=O) groups is 1. The number of hydrogen-bond acceptors (Lipinski definition) is 4. The van der Waals surface area contributed by atoms with Crippen LogP contribution >= 0.6 is 11.6 Å². The normalized spacial score (nSPS) is 16.4. The smallest absolute Gasteiger partial charge is 0.298 e. The third kappa shape index (κ3) is 3.93. The van der Waals surface area contributed by atoms with Crippen molar-refractivity contribution in [3.8, 4) is 0 Å². The second-order valence-corrected chi connectivity index (χ2v) is 7.45. The number of nitrogens with zero attached hydrogens (tertiary/aromatic N) is 2. The highest BCUT2D eigenvalue weighted by atomic mass is 35.5. The summed E-state index contributed by atoms with van der Waals surface area (Å²) in [6.45, 7) is 3.50. The first-order valence-electron chi connectivity index (χ1n) is 9.26. The molecule has 140 valence electrons. The maximum absolute atomic E-state index is 12.6. The molecule has 1 aromatic heterocycles. The Bertz CT molecular complexity index is 914. The van der Waals surface area contributed by atoms with Crippen molar-refractivity contribution in [2.75, 3.05) is 18.0 Å². The average molecular weight is 384 g/mol. The molecule has 1 atom stereocenters. The molecule has 1 saturated heterocycles. The highest BCUT2D eigenvalue weighted by molar-refractivity contribution is 6.30. The largest absolute Gasteiger partial charge is 0.423 e. The van der Waals surface area contributed by atoms with Gasteiger partial charge in [0.2, 0.25) is 5.91 Å². The summed E-state index contributed by atoms with van der Waals surface area (Å²) in [5, 5.41) is 3.79. The van der Waals surface area contributed by atoms with E-state index >= 15 is 0 Å². The SMILES string of the molecule is CC(NC(=O)C1CCN(c2nc3ccccc3o2)CC1)c1cccc(Cl)c1. The first kappa shape index (κ1) is 17.9. The number of hydrogen-bond donors (Lipinski definition) is 1. The fraction of sp³-hybridized carbons (Fsp3) is 0.333. The minimum atomic E-state index is -0.0636. The van der Waals surface area contributed by atoms with Gasteiger partial charge in [-0.25, -0.2) is 0 Å². The third-order valence-corrected chi connectivity index (χ3v) is 5.36. The number of carbonyl (C=O) groups excluding carboxylic acids is 1. The third-order valence-electron chi connectivity index (χ3n) is 5.13. The standard InChI is InChI=1S/C21H22ClN3O2/c1-14(16-5-4-6-17(22)13-16)23-20(26)15-9-11-25(12-10-15)21-24-18-7-2-3-8-19(18)27-21/h2-8,13-15H,9-12H2,1H3,(H,23,26). The van der Waals surface area contributed by atoms with E-state index in [4.69, 9.17) is 16.0 Å². The van der Waals surface area contributed by atoms with Gasteiger partial charge in [-0.2, -0.15) is 4.98 Å². The van der Waals surface area contributed by atoms with Gasteiger partial charge in [0.05, 0.1) is 6.04 Å². The first-order chi connectivity index (χ1) is 13.1. The highest BCUT2D eigenvalue weighted by Crippen LogP contribution is 2.27. The summed E-state index contributed by atoms with van der Waals surface area (Å²) in [6.07, 6.45) is 1.57. The molecule has 6 heteroatoms. The van der Waals surface area contributed by atoms with Crippen LogP contribution in [0.15, 0.2) is 52.9 Å². The second kappa shape index (κ2) is 7.61. The molecule has 2 heterocycles. The summed E-state index contributed by atoms with van der Waals surface area (Å²) in [5.74, 6) is 0.104. The van der Waals surface area contributed by atoms with Gasteiger partial charge in [0, 0.05) is 24.0 Å². The van der Waals surface area contributed by atoms with Crippen molar-refractivity contribution in [3.05, 3.63) is 59.1 Å². The molecule has 0 saturated carbocycles. The summed E-state index contributed by atoms with van der Waals surface area (Å²) >= 11 is 6.04. The Balaban J connectivity index is 1.35. The highest BCUT2D eigenvalue weighted by Gasteiger charge is 2.28.